The number of rotatable bonds is 4. The molecule has 0 spiro atoms. The summed E-state index contributed by atoms with van der Waals surface area (Å²) in [6.45, 7) is 4.73. The minimum atomic E-state index is -0.0990. The molecule has 0 bridgehead atoms. The van der Waals surface area contributed by atoms with Crippen LogP contribution in [0, 0.1) is 0 Å². The number of nitrogens with zero attached hydrogens (tertiary/aromatic N) is 3. The fourth-order valence-corrected chi connectivity index (χ4v) is 8.23. The first kappa shape index (κ1) is 28.7. The van der Waals surface area contributed by atoms with Crippen LogP contribution in [0.15, 0.2) is 164 Å². The van der Waals surface area contributed by atoms with E-state index in [2.05, 4.69) is 158 Å². The third-order valence-corrected chi connectivity index (χ3v) is 10.6. The van der Waals surface area contributed by atoms with Crippen LogP contribution in [0.3, 0.4) is 0 Å². The lowest BCUT2D eigenvalue weighted by Gasteiger charge is -2.35. The van der Waals surface area contributed by atoms with E-state index in [1.54, 1.807) is 0 Å². The fraction of sp³-hybridized carbons (Fsp3) is 0.0638. The number of hydrogen-bond acceptors (Lipinski definition) is 2. The van der Waals surface area contributed by atoms with Crippen molar-refractivity contribution in [3.63, 3.8) is 0 Å². The third-order valence-electron chi connectivity index (χ3n) is 10.6. The number of benzene rings is 7. The smallest absolute Gasteiger partial charge is 0.160 e. The van der Waals surface area contributed by atoms with Crippen LogP contribution in [-0.4, -0.2) is 14.5 Å². The molecule has 1 aliphatic rings. The van der Waals surface area contributed by atoms with Gasteiger partial charge in [0, 0.05) is 44.1 Å². The highest BCUT2D eigenvalue weighted by Crippen LogP contribution is 2.53. The van der Waals surface area contributed by atoms with Crippen LogP contribution < -0.4 is 0 Å². The maximum atomic E-state index is 5.15. The van der Waals surface area contributed by atoms with E-state index in [4.69, 9.17) is 9.97 Å². The topological polar surface area (TPSA) is 30.7 Å². The van der Waals surface area contributed by atoms with E-state index >= 15 is 0 Å². The van der Waals surface area contributed by atoms with Crippen LogP contribution in [-0.2, 0) is 5.41 Å². The molecule has 9 aromatic rings. The summed E-state index contributed by atoms with van der Waals surface area (Å²) < 4.78 is 2.44. The first-order valence-electron chi connectivity index (χ1n) is 17.3. The predicted molar refractivity (Wildman–Crippen MR) is 208 cm³/mol. The molecule has 10 rings (SSSR count). The lowest BCUT2D eigenvalue weighted by Crippen LogP contribution is -2.23. The molecular weight excluding hydrogens is 607 g/mol. The molecule has 0 amide bonds. The molecule has 3 nitrogen and oxygen atoms in total. The monoisotopic (exact) mass is 639 g/mol. The van der Waals surface area contributed by atoms with Crippen LogP contribution in [0.5, 0.6) is 0 Å². The predicted octanol–water partition coefficient (Wildman–Crippen LogP) is 12.0. The molecule has 1 aliphatic carbocycles. The Balaban J connectivity index is 1.25. The van der Waals surface area contributed by atoms with Gasteiger partial charge in [-0.3, -0.25) is 0 Å². The Morgan fingerprint density at radius 1 is 0.480 bits per heavy atom. The Kier molecular flexibility index (Phi) is 6.22. The van der Waals surface area contributed by atoms with Crippen molar-refractivity contribution in [1.82, 2.24) is 14.5 Å². The lowest BCUT2D eigenvalue weighted by atomic mass is 9.68. The van der Waals surface area contributed by atoms with Gasteiger partial charge in [0.25, 0.3) is 0 Å². The molecule has 3 heteroatoms. The molecule has 2 heterocycles. The van der Waals surface area contributed by atoms with Gasteiger partial charge in [-0.2, -0.15) is 0 Å². The van der Waals surface area contributed by atoms with Gasteiger partial charge in [0.15, 0.2) is 5.82 Å². The molecule has 0 saturated heterocycles. The van der Waals surface area contributed by atoms with Crippen molar-refractivity contribution in [2.24, 2.45) is 0 Å². The highest BCUT2D eigenvalue weighted by molar-refractivity contribution is 6.24. The maximum absolute atomic E-state index is 5.15. The summed E-state index contributed by atoms with van der Waals surface area (Å²) in [4.78, 5) is 10.2. The van der Waals surface area contributed by atoms with Gasteiger partial charge in [-0.25, -0.2) is 9.97 Å². The second-order valence-electron chi connectivity index (χ2n) is 13.8. The molecule has 0 unspecified atom stereocenters. The van der Waals surface area contributed by atoms with E-state index < -0.39 is 0 Å². The number of aromatic nitrogens is 3. The average Bonchev–Trinajstić information content (AvgIpc) is 3.51. The minimum absolute atomic E-state index is 0.0990. The number of para-hydroxylation sites is 1. The summed E-state index contributed by atoms with van der Waals surface area (Å²) in [7, 11) is 0. The molecule has 236 valence electrons. The summed E-state index contributed by atoms with van der Waals surface area (Å²) in [5.41, 5.74) is 13.7. The van der Waals surface area contributed by atoms with Crippen molar-refractivity contribution in [2.75, 3.05) is 0 Å². The Bertz CT molecular complexity index is 2720. The molecule has 2 aromatic heterocycles. The number of fused-ring (bicyclic) bond motifs is 6. The van der Waals surface area contributed by atoms with Crippen LogP contribution in [0.4, 0.5) is 0 Å². The molecule has 0 fully saturated rings. The highest BCUT2D eigenvalue weighted by atomic mass is 15.0. The van der Waals surface area contributed by atoms with Crippen molar-refractivity contribution in [3.8, 4) is 50.7 Å². The highest BCUT2D eigenvalue weighted by Gasteiger charge is 2.35. The van der Waals surface area contributed by atoms with E-state index in [9.17, 15) is 0 Å². The van der Waals surface area contributed by atoms with Crippen LogP contribution in [0.25, 0.3) is 83.3 Å². The largest absolute Gasteiger partial charge is 0.309 e. The maximum Gasteiger partial charge on any atom is 0.160 e. The zero-order valence-corrected chi connectivity index (χ0v) is 27.9. The van der Waals surface area contributed by atoms with Crippen molar-refractivity contribution in [1.29, 1.82) is 0 Å². The first-order valence-corrected chi connectivity index (χ1v) is 17.3. The first-order chi connectivity index (χ1) is 24.6. The Labute approximate surface area is 291 Å². The van der Waals surface area contributed by atoms with Gasteiger partial charge < -0.3 is 4.57 Å². The summed E-state index contributed by atoms with van der Waals surface area (Å²) in [5.74, 6) is 0.715. The Morgan fingerprint density at radius 2 is 1.12 bits per heavy atom. The summed E-state index contributed by atoms with van der Waals surface area (Å²) in [5, 5.41) is 5.19. The standard InChI is InChI=1S/C47H33N3/c1-47(2)37-24-11-9-22-35(37)45-43-33(20-14-25-38(43)47)28-42-44(45)36-23-10-12-26-41(36)50(42)34-21-13-19-32(27-34)40-29-39(30-15-5-3-6-16-30)48-46(49-40)31-17-7-4-8-18-31/h3-29H,1-2H3. The Hall–Kier alpha value is -6.32. The second kappa shape index (κ2) is 10.8. The van der Waals surface area contributed by atoms with Gasteiger partial charge in [0.1, 0.15) is 0 Å². The molecule has 0 aliphatic heterocycles. The third kappa shape index (κ3) is 4.23. The van der Waals surface area contributed by atoms with Crippen LogP contribution in [0.1, 0.15) is 25.0 Å². The van der Waals surface area contributed by atoms with Crippen molar-refractivity contribution in [2.45, 2.75) is 19.3 Å². The van der Waals surface area contributed by atoms with Gasteiger partial charge in [-0.05, 0) is 57.8 Å². The van der Waals surface area contributed by atoms with E-state index in [0.29, 0.717) is 5.82 Å². The summed E-state index contributed by atoms with van der Waals surface area (Å²) >= 11 is 0. The Morgan fingerprint density at radius 3 is 1.94 bits per heavy atom. The van der Waals surface area contributed by atoms with E-state index in [1.807, 2.05) is 24.3 Å². The minimum Gasteiger partial charge on any atom is -0.309 e. The molecule has 0 radical (unpaired) electrons. The SMILES string of the molecule is CC1(C)c2ccccc2-c2c3c1cccc3cc1c2c2ccccc2n1-c1cccc(-c2cc(-c3ccccc3)nc(-c3ccccc3)n2)c1. The zero-order valence-electron chi connectivity index (χ0n) is 27.9. The van der Waals surface area contributed by atoms with Crippen LogP contribution >= 0.6 is 0 Å². The molecular formula is C47H33N3. The van der Waals surface area contributed by atoms with Crippen molar-refractivity contribution < 1.29 is 0 Å². The summed E-state index contributed by atoms with van der Waals surface area (Å²) in [6.07, 6.45) is 0. The fourth-order valence-electron chi connectivity index (χ4n) is 8.23. The van der Waals surface area contributed by atoms with Crippen LogP contribution in [0.2, 0.25) is 0 Å². The molecule has 0 atom stereocenters. The van der Waals surface area contributed by atoms with E-state index in [-0.39, 0.29) is 5.41 Å². The van der Waals surface area contributed by atoms with Crippen molar-refractivity contribution >= 4 is 32.6 Å². The molecule has 0 N–H and O–H groups in total. The second-order valence-corrected chi connectivity index (χ2v) is 13.8. The van der Waals surface area contributed by atoms with Gasteiger partial charge in [0.2, 0.25) is 0 Å². The summed E-state index contributed by atoms with van der Waals surface area (Å²) in [6, 6.07) is 58.6. The zero-order chi connectivity index (χ0) is 33.4. The average molecular weight is 640 g/mol. The van der Waals surface area contributed by atoms with Gasteiger partial charge in [-0.1, -0.05) is 147 Å². The normalized spacial score (nSPS) is 13.2. The van der Waals surface area contributed by atoms with Gasteiger partial charge in [0.05, 0.1) is 22.4 Å². The quantitative estimate of drug-likeness (QED) is 0.192. The molecule has 0 saturated carbocycles. The van der Waals surface area contributed by atoms with Gasteiger partial charge in [-0.15, -0.1) is 0 Å². The van der Waals surface area contributed by atoms with E-state index in [0.717, 1.165) is 33.8 Å². The van der Waals surface area contributed by atoms with E-state index in [1.165, 1.54) is 54.8 Å². The number of hydrogen-bond donors (Lipinski definition) is 0. The lowest BCUT2D eigenvalue weighted by molar-refractivity contribution is 0.645. The van der Waals surface area contributed by atoms with Gasteiger partial charge >= 0.3 is 0 Å². The van der Waals surface area contributed by atoms with Crippen molar-refractivity contribution in [3.05, 3.63) is 175 Å². The molecule has 50 heavy (non-hydrogen) atoms. The molecule has 7 aromatic carbocycles.